The Hall–Kier alpha value is -2.50. The van der Waals surface area contributed by atoms with E-state index in [2.05, 4.69) is 4.98 Å². The average molecular weight is 499 g/mol. The van der Waals surface area contributed by atoms with E-state index >= 15 is 0 Å². The molecule has 1 fully saturated rings. The zero-order chi connectivity index (χ0) is 25.2. The predicted molar refractivity (Wildman–Crippen MR) is 105 cm³/mol. The van der Waals surface area contributed by atoms with Crippen molar-refractivity contribution in [1.29, 1.82) is 0 Å². The SMILES string of the molecule is CC(=O)c1ccc(C(F)(F)F)nc1.CCC1CC(S(=O)(=O)c2cc(F)cc(C(F)(F)F)c2)C1. The number of sulfone groups is 1. The van der Waals surface area contributed by atoms with E-state index in [0.717, 1.165) is 24.8 Å². The first-order chi connectivity index (χ1) is 15.1. The summed E-state index contributed by atoms with van der Waals surface area (Å²) in [7, 11) is -3.89. The summed E-state index contributed by atoms with van der Waals surface area (Å²) in [6, 6.07) is 3.37. The molecule has 0 atom stereocenters. The molecule has 1 aliphatic carbocycles. The zero-order valence-electron chi connectivity index (χ0n) is 17.5. The lowest BCUT2D eigenvalue weighted by Gasteiger charge is -2.34. The third-order valence-electron chi connectivity index (χ3n) is 5.20. The molecule has 1 aromatic heterocycles. The molecule has 12 heteroatoms. The highest BCUT2D eigenvalue weighted by Crippen LogP contribution is 2.39. The number of benzene rings is 1. The van der Waals surface area contributed by atoms with Crippen molar-refractivity contribution >= 4 is 15.6 Å². The molecule has 1 aromatic carbocycles. The van der Waals surface area contributed by atoms with Crippen molar-refractivity contribution in [3.63, 3.8) is 0 Å². The van der Waals surface area contributed by atoms with Crippen molar-refractivity contribution in [3.05, 3.63) is 59.2 Å². The number of ketones is 1. The van der Waals surface area contributed by atoms with Gasteiger partial charge in [-0.3, -0.25) is 9.78 Å². The topological polar surface area (TPSA) is 64.1 Å². The van der Waals surface area contributed by atoms with Crippen molar-refractivity contribution in [1.82, 2.24) is 4.98 Å². The van der Waals surface area contributed by atoms with Gasteiger partial charge in [-0.2, -0.15) is 26.3 Å². The van der Waals surface area contributed by atoms with E-state index in [4.69, 9.17) is 0 Å². The van der Waals surface area contributed by atoms with E-state index in [1.54, 1.807) is 0 Å². The fourth-order valence-electron chi connectivity index (χ4n) is 3.11. The molecule has 2 aromatic rings. The lowest BCUT2D eigenvalue weighted by Crippen LogP contribution is -2.35. The molecule has 1 heterocycles. The van der Waals surface area contributed by atoms with E-state index in [9.17, 15) is 43.9 Å². The molecule has 182 valence electrons. The van der Waals surface area contributed by atoms with Crippen molar-refractivity contribution in [2.45, 2.75) is 55.6 Å². The molecular formula is C21H20F7NO3S. The molecule has 0 aliphatic heterocycles. The first-order valence-corrected chi connectivity index (χ1v) is 11.3. The molecule has 0 amide bonds. The molecule has 3 rings (SSSR count). The van der Waals surface area contributed by atoms with Crippen LogP contribution in [0.15, 0.2) is 41.4 Å². The van der Waals surface area contributed by atoms with Crippen LogP contribution in [0.2, 0.25) is 0 Å². The van der Waals surface area contributed by atoms with Crippen LogP contribution in [0.25, 0.3) is 0 Å². The lowest BCUT2D eigenvalue weighted by molar-refractivity contribution is -0.141. The minimum Gasteiger partial charge on any atom is -0.294 e. The Kier molecular flexibility index (Phi) is 7.93. The Balaban J connectivity index is 0.000000257. The van der Waals surface area contributed by atoms with Crippen molar-refractivity contribution in [3.8, 4) is 0 Å². The van der Waals surface area contributed by atoms with Gasteiger partial charge in [0.1, 0.15) is 11.5 Å². The van der Waals surface area contributed by atoms with Gasteiger partial charge in [-0.05, 0) is 56.0 Å². The minimum absolute atomic E-state index is 0.174. The van der Waals surface area contributed by atoms with Gasteiger partial charge < -0.3 is 0 Å². The molecule has 0 bridgehead atoms. The highest BCUT2D eigenvalue weighted by atomic mass is 32.2. The van der Waals surface area contributed by atoms with Gasteiger partial charge in [0.25, 0.3) is 0 Å². The van der Waals surface area contributed by atoms with Crippen molar-refractivity contribution in [2.24, 2.45) is 5.92 Å². The summed E-state index contributed by atoms with van der Waals surface area (Å²) in [5, 5.41) is -0.699. The zero-order valence-corrected chi connectivity index (χ0v) is 18.3. The molecule has 33 heavy (non-hydrogen) atoms. The highest BCUT2D eigenvalue weighted by molar-refractivity contribution is 7.92. The smallest absolute Gasteiger partial charge is 0.294 e. The number of carbonyl (C=O) groups excluding carboxylic acids is 1. The van der Waals surface area contributed by atoms with Gasteiger partial charge in [0.2, 0.25) is 0 Å². The van der Waals surface area contributed by atoms with Gasteiger partial charge in [-0.15, -0.1) is 0 Å². The summed E-state index contributed by atoms with van der Waals surface area (Å²) < 4.78 is 111. The number of nitrogens with zero attached hydrogens (tertiary/aromatic N) is 1. The molecule has 4 nitrogen and oxygen atoms in total. The Morgan fingerprint density at radius 3 is 2.06 bits per heavy atom. The number of pyridine rings is 1. The fraction of sp³-hybridized carbons (Fsp3) is 0.429. The van der Waals surface area contributed by atoms with Gasteiger partial charge in [0, 0.05) is 11.8 Å². The van der Waals surface area contributed by atoms with E-state index in [-0.39, 0.29) is 17.3 Å². The maximum Gasteiger partial charge on any atom is 0.433 e. The number of hydrogen-bond donors (Lipinski definition) is 0. The number of Topliss-reactive ketones (excluding diaryl/α,β-unsaturated/α-hetero) is 1. The number of hydrogen-bond acceptors (Lipinski definition) is 4. The lowest BCUT2D eigenvalue weighted by atomic mass is 9.83. The standard InChI is InChI=1S/C13H14F4O2S.C8H6F3NO/c1-2-8-3-11(4-8)20(18,19)12-6-9(13(15,16)17)5-10(14)7-12;1-5(13)6-2-3-7(12-4-6)8(9,10)11/h5-8,11H,2-4H2,1H3;2-4H,1H3. The third-order valence-corrected chi connectivity index (χ3v) is 7.35. The molecule has 0 saturated heterocycles. The van der Waals surface area contributed by atoms with E-state index < -0.39 is 49.4 Å². The second kappa shape index (κ2) is 9.78. The van der Waals surface area contributed by atoms with E-state index in [0.29, 0.717) is 31.0 Å². The second-order valence-corrected chi connectivity index (χ2v) is 9.80. The molecular weight excluding hydrogens is 479 g/mol. The minimum atomic E-state index is -4.77. The predicted octanol–water partition coefficient (Wildman–Crippen LogP) is 6.11. The number of halogens is 7. The fourth-order valence-corrected chi connectivity index (χ4v) is 5.12. The van der Waals surface area contributed by atoms with Crippen molar-refractivity contribution < 1.29 is 43.9 Å². The van der Waals surface area contributed by atoms with Crippen LogP contribution >= 0.6 is 0 Å². The summed E-state index contributed by atoms with van der Waals surface area (Å²) in [6.07, 6.45) is -6.60. The maximum absolute atomic E-state index is 13.3. The van der Waals surface area contributed by atoms with Crippen LogP contribution in [0.4, 0.5) is 30.7 Å². The van der Waals surface area contributed by atoms with Crippen LogP contribution < -0.4 is 0 Å². The third kappa shape index (κ3) is 6.75. The van der Waals surface area contributed by atoms with Crippen LogP contribution in [0.1, 0.15) is 54.7 Å². The van der Waals surface area contributed by atoms with Crippen molar-refractivity contribution in [2.75, 3.05) is 0 Å². The average Bonchev–Trinajstić information content (AvgIpc) is 2.66. The second-order valence-electron chi connectivity index (χ2n) is 7.57. The molecule has 0 unspecified atom stereocenters. The van der Waals surface area contributed by atoms with E-state index in [1.807, 2.05) is 6.92 Å². The van der Waals surface area contributed by atoms with Crippen LogP contribution in [0, 0.1) is 11.7 Å². The van der Waals surface area contributed by atoms with Gasteiger partial charge in [-0.1, -0.05) is 13.3 Å². The molecule has 0 radical (unpaired) electrons. The van der Waals surface area contributed by atoms with Gasteiger partial charge in [-0.25, -0.2) is 12.8 Å². The normalized spacial score (nSPS) is 18.7. The van der Waals surface area contributed by atoms with Crippen LogP contribution in [0.3, 0.4) is 0 Å². The maximum atomic E-state index is 13.3. The summed E-state index contributed by atoms with van der Waals surface area (Å²) in [6.45, 7) is 3.20. The molecule has 1 aliphatic rings. The number of carbonyl (C=O) groups is 1. The first-order valence-electron chi connectivity index (χ1n) is 9.71. The van der Waals surface area contributed by atoms with Crippen LogP contribution in [-0.4, -0.2) is 24.4 Å². The quantitative estimate of drug-likeness (QED) is 0.376. The summed E-state index contributed by atoms with van der Waals surface area (Å²) in [5.74, 6) is -1.21. The molecule has 0 spiro atoms. The number of aromatic nitrogens is 1. The molecule has 0 N–H and O–H groups in total. The van der Waals surface area contributed by atoms with Gasteiger partial charge in [0.15, 0.2) is 15.6 Å². The largest absolute Gasteiger partial charge is 0.433 e. The Bertz CT molecular complexity index is 1090. The first kappa shape index (κ1) is 26.7. The Labute approximate surface area is 185 Å². The molecule has 1 saturated carbocycles. The van der Waals surface area contributed by atoms with E-state index in [1.165, 1.54) is 6.92 Å². The summed E-state index contributed by atoms with van der Waals surface area (Å²) >= 11 is 0. The summed E-state index contributed by atoms with van der Waals surface area (Å²) in [5.41, 5.74) is -2.09. The van der Waals surface area contributed by atoms with Gasteiger partial charge >= 0.3 is 12.4 Å². The number of rotatable bonds is 4. The van der Waals surface area contributed by atoms with Crippen LogP contribution in [0.5, 0.6) is 0 Å². The monoisotopic (exact) mass is 499 g/mol. The number of alkyl halides is 6. The Morgan fingerprint density at radius 2 is 1.64 bits per heavy atom. The highest BCUT2D eigenvalue weighted by Gasteiger charge is 2.40. The summed E-state index contributed by atoms with van der Waals surface area (Å²) in [4.78, 5) is 13.2. The van der Waals surface area contributed by atoms with Crippen LogP contribution in [-0.2, 0) is 22.2 Å². The Morgan fingerprint density at radius 1 is 1.03 bits per heavy atom. The van der Waals surface area contributed by atoms with Gasteiger partial charge in [0.05, 0.1) is 15.7 Å².